The Labute approximate surface area is 219 Å². The molecule has 0 saturated carbocycles. The first-order chi connectivity index (χ1) is 17.7. The summed E-state index contributed by atoms with van der Waals surface area (Å²) in [5.41, 5.74) is 2.82. The van der Waals surface area contributed by atoms with Crippen LogP contribution in [0.3, 0.4) is 0 Å². The van der Waals surface area contributed by atoms with Crippen LogP contribution in [0.25, 0.3) is 5.76 Å². The van der Waals surface area contributed by atoms with Gasteiger partial charge in [0, 0.05) is 5.69 Å². The number of hydrogen-bond acceptors (Lipinski definition) is 6. The lowest BCUT2D eigenvalue weighted by Crippen LogP contribution is -2.30. The molecule has 1 N–H and O–H groups in total. The molecule has 8 heteroatoms. The maximum atomic E-state index is 13.5. The quantitative estimate of drug-likeness (QED) is 0.192. The molecule has 1 saturated heterocycles. The standard InChI is InChI=1S/C29H26ClNO6/c1-5-37-29(35)18-10-8-11-19(15-18)31-24(20-12-7-6-9-17(20)3)23(26(33)28(31)34)25(32)21-13-16(2)14-22(30)27(21)36-4/h6-15,24,32H,5H2,1-4H3/b25-23+. The molecule has 1 fully saturated rings. The van der Waals surface area contributed by atoms with E-state index in [0.717, 1.165) is 11.1 Å². The first-order valence-electron chi connectivity index (χ1n) is 11.7. The SMILES string of the molecule is CCOC(=O)c1cccc(N2C(=O)C(=O)/C(=C(/O)c3cc(C)cc(Cl)c3OC)C2c2ccccc2C)c1. The Bertz CT molecular complexity index is 1440. The third-order valence-corrected chi connectivity index (χ3v) is 6.49. The topological polar surface area (TPSA) is 93.1 Å². The number of benzene rings is 3. The zero-order valence-electron chi connectivity index (χ0n) is 20.9. The molecule has 0 radical (unpaired) electrons. The molecule has 0 aromatic heterocycles. The second-order valence-corrected chi connectivity index (χ2v) is 9.03. The number of ether oxygens (including phenoxy) is 2. The molecule has 1 heterocycles. The van der Waals surface area contributed by atoms with Crippen LogP contribution in [0.5, 0.6) is 5.75 Å². The van der Waals surface area contributed by atoms with E-state index >= 15 is 0 Å². The monoisotopic (exact) mass is 519 g/mol. The van der Waals surface area contributed by atoms with Crippen molar-refractivity contribution in [2.24, 2.45) is 0 Å². The largest absolute Gasteiger partial charge is 0.507 e. The highest BCUT2D eigenvalue weighted by molar-refractivity contribution is 6.51. The molecule has 1 amide bonds. The molecule has 4 rings (SSSR count). The van der Waals surface area contributed by atoms with E-state index in [1.807, 2.05) is 19.1 Å². The Morgan fingerprint density at radius 3 is 2.46 bits per heavy atom. The Balaban J connectivity index is 1.99. The zero-order chi connectivity index (χ0) is 26.9. The molecular formula is C29H26ClNO6. The summed E-state index contributed by atoms with van der Waals surface area (Å²) < 4.78 is 10.5. The molecule has 3 aromatic rings. The van der Waals surface area contributed by atoms with Crippen LogP contribution in [0, 0.1) is 13.8 Å². The smallest absolute Gasteiger partial charge is 0.338 e. The van der Waals surface area contributed by atoms with Crippen LogP contribution in [0.4, 0.5) is 5.69 Å². The minimum atomic E-state index is -0.970. The minimum absolute atomic E-state index is 0.110. The van der Waals surface area contributed by atoms with Crippen molar-refractivity contribution in [1.29, 1.82) is 0 Å². The van der Waals surface area contributed by atoms with E-state index < -0.39 is 29.5 Å². The van der Waals surface area contributed by atoms with Crippen molar-refractivity contribution in [3.63, 3.8) is 0 Å². The summed E-state index contributed by atoms with van der Waals surface area (Å²) in [4.78, 5) is 40.7. The summed E-state index contributed by atoms with van der Waals surface area (Å²) in [6.07, 6.45) is 0. The molecule has 3 aromatic carbocycles. The molecule has 1 aliphatic heterocycles. The summed E-state index contributed by atoms with van der Waals surface area (Å²) in [7, 11) is 1.41. The minimum Gasteiger partial charge on any atom is -0.507 e. The Kier molecular flexibility index (Phi) is 7.36. The normalized spacial score (nSPS) is 16.7. The van der Waals surface area contributed by atoms with Gasteiger partial charge in [0.05, 0.1) is 41.5 Å². The van der Waals surface area contributed by atoms with E-state index in [-0.39, 0.29) is 34.1 Å². The number of carbonyl (C=O) groups excluding carboxylic acids is 3. The van der Waals surface area contributed by atoms with E-state index in [0.29, 0.717) is 11.3 Å². The highest BCUT2D eigenvalue weighted by Gasteiger charge is 2.47. The molecule has 0 aliphatic carbocycles. The predicted octanol–water partition coefficient (Wildman–Crippen LogP) is 5.77. The molecule has 1 unspecified atom stereocenters. The summed E-state index contributed by atoms with van der Waals surface area (Å²) in [5.74, 6) is -2.48. The van der Waals surface area contributed by atoms with E-state index in [1.165, 1.54) is 18.1 Å². The number of halogens is 1. The Hall–Kier alpha value is -4.10. The Morgan fingerprint density at radius 1 is 1.05 bits per heavy atom. The number of anilines is 1. The summed E-state index contributed by atoms with van der Waals surface area (Å²) in [6, 6.07) is 15.9. The van der Waals surface area contributed by atoms with Crippen molar-refractivity contribution < 1.29 is 29.0 Å². The second-order valence-electron chi connectivity index (χ2n) is 8.62. The van der Waals surface area contributed by atoms with Gasteiger partial charge in [0.2, 0.25) is 0 Å². The molecule has 190 valence electrons. The fraction of sp³-hybridized carbons (Fsp3) is 0.207. The van der Waals surface area contributed by atoms with Crippen molar-refractivity contribution in [3.05, 3.63) is 99.1 Å². The highest BCUT2D eigenvalue weighted by Crippen LogP contribution is 2.45. The number of aryl methyl sites for hydroxylation is 2. The van der Waals surface area contributed by atoms with Gasteiger partial charge in [-0.1, -0.05) is 41.9 Å². The average Bonchev–Trinajstić information content (AvgIpc) is 3.13. The molecule has 7 nitrogen and oxygen atoms in total. The number of rotatable bonds is 6. The van der Waals surface area contributed by atoms with Gasteiger partial charge in [-0.15, -0.1) is 0 Å². The number of amides is 1. The first-order valence-corrected chi connectivity index (χ1v) is 12.1. The number of esters is 1. The number of ketones is 1. The van der Waals surface area contributed by atoms with Gasteiger partial charge < -0.3 is 14.6 Å². The van der Waals surface area contributed by atoms with E-state index in [1.54, 1.807) is 56.3 Å². The van der Waals surface area contributed by atoms with Gasteiger partial charge in [0.15, 0.2) is 0 Å². The third kappa shape index (κ3) is 4.70. The average molecular weight is 520 g/mol. The number of methoxy groups -OCH3 is 1. The van der Waals surface area contributed by atoms with Crippen LogP contribution in [0.15, 0.2) is 66.2 Å². The van der Waals surface area contributed by atoms with Crippen molar-refractivity contribution >= 4 is 40.7 Å². The number of nitrogens with zero attached hydrogens (tertiary/aromatic N) is 1. The molecule has 1 aliphatic rings. The molecule has 1 atom stereocenters. The maximum Gasteiger partial charge on any atom is 0.338 e. The van der Waals surface area contributed by atoms with Crippen molar-refractivity contribution in [3.8, 4) is 5.75 Å². The molecule has 37 heavy (non-hydrogen) atoms. The van der Waals surface area contributed by atoms with Crippen molar-refractivity contribution in [1.82, 2.24) is 0 Å². The summed E-state index contributed by atoms with van der Waals surface area (Å²) in [5, 5.41) is 11.8. The van der Waals surface area contributed by atoms with Gasteiger partial charge in [-0.05, 0) is 67.8 Å². The van der Waals surface area contributed by atoms with Crippen molar-refractivity contribution in [2.45, 2.75) is 26.8 Å². The van der Waals surface area contributed by atoms with Crippen LogP contribution in [0.2, 0.25) is 5.02 Å². The number of carbonyl (C=O) groups is 3. The van der Waals surface area contributed by atoms with Gasteiger partial charge in [-0.3, -0.25) is 14.5 Å². The fourth-order valence-corrected chi connectivity index (χ4v) is 4.89. The van der Waals surface area contributed by atoms with Crippen molar-refractivity contribution in [2.75, 3.05) is 18.6 Å². The van der Waals surface area contributed by atoms with Gasteiger partial charge >= 0.3 is 5.97 Å². The van der Waals surface area contributed by atoms with Gasteiger partial charge in [0.1, 0.15) is 11.5 Å². The lowest BCUT2D eigenvalue weighted by atomic mass is 9.92. The maximum absolute atomic E-state index is 13.5. The van der Waals surface area contributed by atoms with E-state index in [9.17, 15) is 19.5 Å². The van der Waals surface area contributed by atoms with Crippen LogP contribution in [-0.2, 0) is 14.3 Å². The predicted molar refractivity (Wildman–Crippen MR) is 141 cm³/mol. The Morgan fingerprint density at radius 2 is 1.78 bits per heavy atom. The molecule has 0 bridgehead atoms. The van der Waals surface area contributed by atoms with Gasteiger partial charge in [-0.2, -0.15) is 0 Å². The first kappa shape index (κ1) is 26.0. The molecule has 0 spiro atoms. The van der Waals surface area contributed by atoms with Crippen LogP contribution >= 0.6 is 11.6 Å². The second kappa shape index (κ2) is 10.5. The number of aliphatic hydroxyl groups is 1. The lowest BCUT2D eigenvalue weighted by molar-refractivity contribution is -0.132. The highest BCUT2D eigenvalue weighted by atomic mass is 35.5. The number of aliphatic hydroxyl groups excluding tert-OH is 1. The van der Waals surface area contributed by atoms with Crippen LogP contribution in [0.1, 0.15) is 45.6 Å². The lowest BCUT2D eigenvalue weighted by Gasteiger charge is -2.27. The van der Waals surface area contributed by atoms with Gasteiger partial charge in [0.25, 0.3) is 11.7 Å². The summed E-state index contributed by atoms with van der Waals surface area (Å²) in [6.45, 7) is 5.54. The van der Waals surface area contributed by atoms with E-state index in [4.69, 9.17) is 21.1 Å². The number of Topliss-reactive ketones (excluding diaryl/α,β-unsaturated/α-hetero) is 1. The zero-order valence-corrected chi connectivity index (χ0v) is 21.6. The third-order valence-electron chi connectivity index (χ3n) is 6.21. The van der Waals surface area contributed by atoms with Gasteiger partial charge in [-0.25, -0.2) is 4.79 Å². The number of hydrogen-bond donors (Lipinski definition) is 1. The van der Waals surface area contributed by atoms with E-state index in [2.05, 4.69) is 0 Å². The summed E-state index contributed by atoms with van der Waals surface area (Å²) >= 11 is 6.36. The van der Waals surface area contributed by atoms with Crippen LogP contribution in [-0.4, -0.2) is 36.5 Å². The molecular weight excluding hydrogens is 494 g/mol. The van der Waals surface area contributed by atoms with Crippen LogP contribution < -0.4 is 9.64 Å². The fourth-order valence-electron chi connectivity index (χ4n) is 4.54.